The number of hydrogen-bond donors (Lipinski definition) is 2. The van der Waals surface area contributed by atoms with Crippen LogP contribution >= 0.6 is 0 Å². The zero-order valence-corrected chi connectivity index (χ0v) is 10.1. The zero-order chi connectivity index (χ0) is 12.1. The van der Waals surface area contributed by atoms with E-state index in [1.807, 2.05) is 18.2 Å². The van der Waals surface area contributed by atoms with Gasteiger partial charge in [0.15, 0.2) is 0 Å². The van der Waals surface area contributed by atoms with Gasteiger partial charge in [-0.1, -0.05) is 18.2 Å². The molecule has 2 atom stereocenters. The van der Waals surface area contributed by atoms with E-state index in [1.54, 1.807) is 0 Å². The number of carbonyl (C=O) groups excluding carboxylic acids is 1. The predicted molar refractivity (Wildman–Crippen MR) is 69.0 cm³/mol. The molecule has 0 spiro atoms. The van der Waals surface area contributed by atoms with Gasteiger partial charge in [-0.3, -0.25) is 4.79 Å². The van der Waals surface area contributed by atoms with E-state index in [0.717, 1.165) is 37.8 Å². The average molecular weight is 232 g/mol. The number of piperidine rings is 1. The van der Waals surface area contributed by atoms with Crippen LogP contribution in [0.5, 0.6) is 0 Å². The van der Waals surface area contributed by atoms with Crippen molar-refractivity contribution in [2.24, 2.45) is 11.7 Å². The van der Waals surface area contributed by atoms with Gasteiger partial charge in [0.2, 0.25) is 0 Å². The number of hydrogen-bond acceptors (Lipinski definition) is 3. The van der Waals surface area contributed by atoms with Gasteiger partial charge in [0.25, 0.3) is 0 Å². The molecule has 1 heterocycles. The normalized spacial score (nSPS) is 24.5. The van der Waals surface area contributed by atoms with Crippen LogP contribution in [0.1, 0.15) is 41.2 Å². The minimum atomic E-state index is 0.393. The van der Waals surface area contributed by atoms with Crippen molar-refractivity contribution < 1.29 is 4.79 Å². The van der Waals surface area contributed by atoms with Crippen LogP contribution in [0.3, 0.4) is 0 Å². The summed E-state index contributed by atoms with van der Waals surface area (Å²) in [6.07, 6.45) is 4.37. The fourth-order valence-corrected chi connectivity index (χ4v) is 2.53. The first-order valence-corrected chi connectivity index (χ1v) is 6.32. The molecule has 1 aromatic carbocycles. The number of carbonyl (C=O) groups is 1. The SMILES string of the molecule is NCCC1CCC(c2cccc(C=O)c2)NC1. The molecule has 3 heteroatoms. The minimum absolute atomic E-state index is 0.393. The van der Waals surface area contributed by atoms with Gasteiger partial charge in [0.05, 0.1) is 0 Å². The number of benzene rings is 1. The Morgan fingerprint density at radius 2 is 2.29 bits per heavy atom. The molecular weight excluding hydrogens is 212 g/mol. The third-order valence-corrected chi connectivity index (χ3v) is 3.54. The third-order valence-electron chi connectivity index (χ3n) is 3.54. The van der Waals surface area contributed by atoms with Crippen LogP contribution in [-0.2, 0) is 0 Å². The Hall–Kier alpha value is -1.19. The Morgan fingerprint density at radius 3 is 2.94 bits per heavy atom. The number of aldehydes is 1. The lowest BCUT2D eigenvalue weighted by Crippen LogP contribution is -2.34. The highest BCUT2D eigenvalue weighted by atomic mass is 16.1. The van der Waals surface area contributed by atoms with Crippen molar-refractivity contribution in [2.45, 2.75) is 25.3 Å². The number of rotatable bonds is 4. The first-order chi connectivity index (χ1) is 8.33. The van der Waals surface area contributed by atoms with E-state index in [1.165, 1.54) is 12.0 Å². The molecule has 1 saturated heterocycles. The molecule has 1 fully saturated rings. The van der Waals surface area contributed by atoms with Gasteiger partial charge < -0.3 is 11.1 Å². The lowest BCUT2D eigenvalue weighted by atomic mass is 9.89. The molecule has 2 rings (SSSR count). The molecule has 0 saturated carbocycles. The smallest absolute Gasteiger partial charge is 0.150 e. The van der Waals surface area contributed by atoms with Crippen LogP contribution in [0.15, 0.2) is 24.3 Å². The van der Waals surface area contributed by atoms with Crippen molar-refractivity contribution in [3.05, 3.63) is 35.4 Å². The van der Waals surface area contributed by atoms with Gasteiger partial charge >= 0.3 is 0 Å². The van der Waals surface area contributed by atoms with Crippen LogP contribution in [0, 0.1) is 5.92 Å². The monoisotopic (exact) mass is 232 g/mol. The van der Waals surface area contributed by atoms with Crippen molar-refractivity contribution in [3.8, 4) is 0 Å². The van der Waals surface area contributed by atoms with Gasteiger partial charge in [-0.15, -0.1) is 0 Å². The second-order valence-electron chi connectivity index (χ2n) is 4.77. The van der Waals surface area contributed by atoms with E-state index >= 15 is 0 Å². The highest BCUT2D eigenvalue weighted by Gasteiger charge is 2.21. The van der Waals surface area contributed by atoms with Crippen molar-refractivity contribution in [2.75, 3.05) is 13.1 Å². The lowest BCUT2D eigenvalue weighted by Gasteiger charge is -2.30. The molecule has 0 radical (unpaired) electrons. The third kappa shape index (κ3) is 3.14. The maximum Gasteiger partial charge on any atom is 0.150 e. The summed E-state index contributed by atoms with van der Waals surface area (Å²) >= 11 is 0. The Labute approximate surface area is 102 Å². The molecule has 0 aromatic heterocycles. The summed E-state index contributed by atoms with van der Waals surface area (Å²) in [5.74, 6) is 0.713. The van der Waals surface area contributed by atoms with Gasteiger partial charge in [0, 0.05) is 11.6 Å². The number of nitrogens with one attached hydrogen (secondary N) is 1. The van der Waals surface area contributed by atoms with Gasteiger partial charge in [-0.25, -0.2) is 0 Å². The van der Waals surface area contributed by atoms with E-state index in [0.29, 0.717) is 12.0 Å². The zero-order valence-electron chi connectivity index (χ0n) is 10.1. The highest BCUT2D eigenvalue weighted by molar-refractivity contribution is 5.75. The average Bonchev–Trinajstić information content (AvgIpc) is 2.40. The Morgan fingerprint density at radius 1 is 1.41 bits per heavy atom. The molecule has 1 aromatic rings. The van der Waals surface area contributed by atoms with Crippen molar-refractivity contribution in [3.63, 3.8) is 0 Å². The van der Waals surface area contributed by atoms with Gasteiger partial charge in [-0.2, -0.15) is 0 Å². The van der Waals surface area contributed by atoms with Crippen molar-refractivity contribution in [1.29, 1.82) is 0 Å². The summed E-state index contributed by atoms with van der Waals surface area (Å²) in [5.41, 5.74) is 7.56. The molecule has 3 nitrogen and oxygen atoms in total. The maximum atomic E-state index is 10.7. The Kier molecular flexibility index (Phi) is 4.29. The van der Waals surface area contributed by atoms with Crippen LogP contribution in [-0.4, -0.2) is 19.4 Å². The first-order valence-electron chi connectivity index (χ1n) is 6.32. The van der Waals surface area contributed by atoms with Crippen LogP contribution in [0.25, 0.3) is 0 Å². The van der Waals surface area contributed by atoms with Crippen LogP contribution in [0.2, 0.25) is 0 Å². The predicted octanol–water partition coefficient (Wildman–Crippen LogP) is 1.89. The summed E-state index contributed by atoms with van der Waals surface area (Å²) in [5, 5.41) is 3.55. The van der Waals surface area contributed by atoms with Gasteiger partial charge in [0.1, 0.15) is 6.29 Å². The quantitative estimate of drug-likeness (QED) is 0.779. The maximum absolute atomic E-state index is 10.7. The topological polar surface area (TPSA) is 55.1 Å². The standard InChI is InChI=1S/C14H20N2O/c15-7-6-11-4-5-14(16-9-11)13-3-1-2-12(8-13)10-17/h1-3,8,10-11,14,16H,4-7,9,15H2. The second-order valence-corrected chi connectivity index (χ2v) is 4.77. The number of nitrogens with two attached hydrogens (primary N) is 1. The first kappa shape index (κ1) is 12.3. The van der Waals surface area contributed by atoms with Crippen LogP contribution < -0.4 is 11.1 Å². The van der Waals surface area contributed by atoms with Crippen molar-refractivity contribution >= 4 is 6.29 Å². The lowest BCUT2D eigenvalue weighted by molar-refractivity contribution is 0.112. The largest absolute Gasteiger partial charge is 0.330 e. The molecule has 17 heavy (non-hydrogen) atoms. The molecule has 1 aliphatic heterocycles. The minimum Gasteiger partial charge on any atom is -0.330 e. The van der Waals surface area contributed by atoms with E-state index in [-0.39, 0.29) is 0 Å². The summed E-state index contributed by atoms with van der Waals surface area (Å²) in [7, 11) is 0. The van der Waals surface area contributed by atoms with E-state index in [9.17, 15) is 4.79 Å². The summed E-state index contributed by atoms with van der Waals surface area (Å²) in [4.78, 5) is 10.7. The fourth-order valence-electron chi connectivity index (χ4n) is 2.53. The molecule has 3 N–H and O–H groups in total. The molecule has 0 amide bonds. The molecule has 2 unspecified atom stereocenters. The second kappa shape index (κ2) is 5.94. The Bertz CT molecular complexity index is 370. The summed E-state index contributed by atoms with van der Waals surface area (Å²) < 4.78 is 0. The molecule has 92 valence electrons. The molecular formula is C14H20N2O. The molecule has 1 aliphatic rings. The molecule has 0 aliphatic carbocycles. The fraction of sp³-hybridized carbons (Fsp3) is 0.500. The van der Waals surface area contributed by atoms with Crippen molar-refractivity contribution in [1.82, 2.24) is 5.32 Å². The Balaban J connectivity index is 1.97. The van der Waals surface area contributed by atoms with E-state index in [4.69, 9.17) is 5.73 Å². The van der Waals surface area contributed by atoms with Crippen LogP contribution in [0.4, 0.5) is 0 Å². The van der Waals surface area contributed by atoms with Gasteiger partial charge in [-0.05, 0) is 49.9 Å². The summed E-state index contributed by atoms with van der Waals surface area (Å²) in [6.45, 7) is 1.81. The highest BCUT2D eigenvalue weighted by Crippen LogP contribution is 2.27. The molecule has 0 bridgehead atoms. The van der Waals surface area contributed by atoms with E-state index < -0.39 is 0 Å². The summed E-state index contributed by atoms with van der Waals surface area (Å²) in [6, 6.07) is 8.26. The van der Waals surface area contributed by atoms with E-state index in [2.05, 4.69) is 11.4 Å².